The summed E-state index contributed by atoms with van der Waals surface area (Å²) < 4.78 is 16.2. The molecular formula is C49H61N10O6SSi. The summed E-state index contributed by atoms with van der Waals surface area (Å²) in [4.78, 5) is 70.3. The predicted octanol–water partition coefficient (Wildman–Crippen LogP) is 6.41. The minimum atomic E-state index is -1.76. The second-order valence-electron chi connectivity index (χ2n) is 19.1. The second-order valence-corrected chi connectivity index (χ2v) is 20.9. The van der Waals surface area contributed by atoms with Gasteiger partial charge in [-0.3, -0.25) is 34.0 Å². The molecule has 5 aromatic rings. The van der Waals surface area contributed by atoms with Gasteiger partial charge < -0.3 is 24.3 Å². The number of carbonyl (C=O) groups is 4. The van der Waals surface area contributed by atoms with Crippen LogP contribution in [0, 0.1) is 19.3 Å². The molecule has 3 atom stereocenters. The lowest BCUT2D eigenvalue weighted by Gasteiger charge is -2.42. The molecule has 67 heavy (non-hydrogen) atoms. The molecule has 6 bridgehead atoms. The molecule has 16 nitrogen and oxygen atoms in total. The van der Waals surface area contributed by atoms with Crippen LogP contribution in [0.3, 0.4) is 0 Å². The lowest BCUT2D eigenvalue weighted by molar-refractivity contribution is -0.155. The summed E-state index contributed by atoms with van der Waals surface area (Å²) in [6, 6.07) is 11.3. The number of hydrogen-bond donors (Lipinski definition) is 2. The van der Waals surface area contributed by atoms with Crippen molar-refractivity contribution in [1.82, 2.24) is 49.9 Å². The maximum atomic E-state index is 14.9. The van der Waals surface area contributed by atoms with E-state index in [0.29, 0.717) is 49.5 Å². The lowest BCUT2D eigenvalue weighted by Crippen LogP contribution is -2.67. The molecule has 2 N–H and O–H groups in total. The minimum Gasteiger partial charge on any atom is -0.464 e. The number of hydrazine groups is 1. The lowest BCUT2D eigenvalue weighted by atomic mass is 9.84. The molecule has 0 spiro atoms. The molecular weight excluding hydrogens is 885 g/mol. The molecule has 2 saturated heterocycles. The number of rotatable bonds is 8. The highest BCUT2D eigenvalue weighted by Gasteiger charge is 2.44. The van der Waals surface area contributed by atoms with Crippen molar-refractivity contribution in [2.24, 2.45) is 5.41 Å². The Kier molecular flexibility index (Phi) is 13.4. The van der Waals surface area contributed by atoms with Crippen molar-refractivity contribution in [1.29, 1.82) is 0 Å². The van der Waals surface area contributed by atoms with Gasteiger partial charge in [0.05, 0.1) is 56.8 Å². The third-order valence-corrected chi connectivity index (χ3v) is 14.4. The van der Waals surface area contributed by atoms with E-state index in [-0.39, 0.29) is 43.4 Å². The molecule has 4 aromatic heterocycles. The number of benzene rings is 1. The first-order chi connectivity index (χ1) is 31.8. The van der Waals surface area contributed by atoms with Gasteiger partial charge in [0.15, 0.2) is 0 Å². The molecule has 8 rings (SSSR count). The van der Waals surface area contributed by atoms with Crippen LogP contribution in [0.5, 0.6) is 0 Å². The molecule has 0 aliphatic carbocycles. The number of cyclic esters (lactones) is 1. The fourth-order valence-electron chi connectivity index (χ4n) is 9.66. The standard InChI is InChI=1S/C49H61N10O6SSi/c1-11-57-39-17-16-32-21-35(39)36(43(57)34-14-12-18-50-41(34)31(6)64-10)22-48(7,8)27-65-45(61)37-15-13-19-58(54-37)46(62)49(67,23-40-51-38(32)26-66-40)52-44(60)42(28(2)3)55(9)47(63)56-24-33(25-56)59-30(5)20-29(4)53-59/h12,14,16-18,20-21,26,31,33,37,54H,11,13,15,19,22-25,27H2,1-10H3,(H,52,60)/t31-,37-,49?/m0/s1. The maximum absolute atomic E-state index is 14.9. The fourth-order valence-corrected chi connectivity index (χ4v) is 11.1. The number of amides is 4. The summed E-state index contributed by atoms with van der Waals surface area (Å²) in [5, 5.41) is 10.8. The van der Waals surface area contributed by atoms with Gasteiger partial charge >= 0.3 is 12.0 Å². The van der Waals surface area contributed by atoms with E-state index in [1.54, 1.807) is 39.1 Å². The number of thiazole rings is 1. The molecule has 3 radical (unpaired) electrons. The van der Waals surface area contributed by atoms with E-state index in [2.05, 4.69) is 75.7 Å². The number of likely N-dealkylation sites (N-methyl/N-ethyl adjacent to an activating group) is 1. The number of esters is 1. The van der Waals surface area contributed by atoms with Gasteiger partial charge in [-0.1, -0.05) is 19.9 Å². The molecule has 1 unspecified atom stereocenters. The molecule has 0 saturated carbocycles. The number of hydrogen-bond acceptors (Lipinski definition) is 11. The zero-order chi connectivity index (χ0) is 48.1. The average molecular weight is 946 g/mol. The molecule has 4 amide bonds. The number of allylic oxidation sites excluding steroid dienone is 1. The quantitative estimate of drug-likeness (QED) is 0.101. The Morgan fingerprint density at radius 2 is 1.90 bits per heavy atom. The number of aromatic nitrogens is 5. The highest BCUT2D eigenvalue weighted by atomic mass is 32.1. The number of likely N-dealkylation sites (tertiary alicyclic amines) is 1. The van der Waals surface area contributed by atoms with Crippen LogP contribution in [-0.4, -0.2) is 125 Å². The van der Waals surface area contributed by atoms with Crippen LogP contribution in [0.1, 0.15) is 94.2 Å². The smallest absolute Gasteiger partial charge is 0.324 e. The fraction of sp³-hybridized carbons (Fsp3) is 0.490. The van der Waals surface area contributed by atoms with Crippen molar-refractivity contribution in [2.75, 3.05) is 40.4 Å². The van der Waals surface area contributed by atoms with Crippen molar-refractivity contribution in [3.8, 4) is 22.5 Å². The number of nitrogens with one attached hydrogen (secondary N) is 2. The van der Waals surface area contributed by atoms with E-state index in [0.717, 1.165) is 56.1 Å². The molecule has 3 aliphatic rings. The van der Waals surface area contributed by atoms with Gasteiger partial charge in [0, 0.05) is 91.5 Å². The molecule has 3 aliphatic heterocycles. The van der Waals surface area contributed by atoms with Gasteiger partial charge in [0.1, 0.15) is 16.9 Å². The molecule has 7 heterocycles. The number of pyridine rings is 1. The third-order valence-electron chi connectivity index (χ3n) is 13.1. The van der Waals surface area contributed by atoms with Crippen molar-refractivity contribution < 1.29 is 28.7 Å². The predicted molar refractivity (Wildman–Crippen MR) is 258 cm³/mol. The summed E-state index contributed by atoms with van der Waals surface area (Å²) in [5.74, 6) is -1.63. The first-order valence-corrected chi connectivity index (χ1v) is 24.3. The Bertz CT molecular complexity index is 2770. The van der Waals surface area contributed by atoms with Crippen LogP contribution in [0.4, 0.5) is 4.79 Å². The van der Waals surface area contributed by atoms with Gasteiger partial charge in [-0.05, 0) is 102 Å². The van der Waals surface area contributed by atoms with E-state index in [1.165, 1.54) is 21.2 Å². The number of methoxy groups -OCH3 is 1. The summed E-state index contributed by atoms with van der Waals surface area (Å²) >= 11 is 1.38. The minimum absolute atomic E-state index is 0.0297. The summed E-state index contributed by atoms with van der Waals surface area (Å²) in [6.45, 7) is 17.7. The van der Waals surface area contributed by atoms with Crippen LogP contribution in [-0.2, 0) is 43.2 Å². The van der Waals surface area contributed by atoms with E-state index in [4.69, 9.17) is 19.4 Å². The van der Waals surface area contributed by atoms with Gasteiger partial charge in [-0.25, -0.2) is 15.2 Å². The Morgan fingerprint density at radius 3 is 2.58 bits per heavy atom. The van der Waals surface area contributed by atoms with E-state index >= 15 is 0 Å². The molecule has 18 heteroatoms. The Labute approximate surface area is 399 Å². The monoisotopic (exact) mass is 945 g/mol. The average Bonchev–Trinajstić information content (AvgIpc) is 3.97. The Balaban J connectivity index is 1.16. The SMILES string of the molecule is CCn1c(-c2cccnc2[C@H](C)OC)c2c3cc(ccc31)-c1csc(n1)CC([Si])(NC(=O)C(=C(C)C)N(C)C(=O)N1CC(n3nc(C)cc3C)C1)C(=O)N1CCC[C@H](N1)C(=O)OCC(C)(C)C2. The third kappa shape index (κ3) is 9.32. The van der Waals surface area contributed by atoms with Gasteiger partial charge in [0.25, 0.3) is 11.8 Å². The van der Waals surface area contributed by atoms with Gasteiger partial charge in [0.2, 0.25) is 0 Å². The van der Waals surface area contributed by atoms with Crippen LogP contribution >= 0.6 is 11.3 Å². The maximum Gasteiger partial charge on any atom is 0.324 e. The summed E-state index contributed by atoms with van der Waals surface area (Å²) in [5.41, 5.74) is 11.8. The topological polar surface area (TPSA) is 169 Å². The van der Waals surface area contributed by atoms with Crippen LogP contribution < -0.4 is 10.7 Å². The van der Waals surface area contributed by atoms with Crippen LogP contribution in [0.25, 0.3) is 33.4 Å². The highest BCUT2D eigenvalue weighted by molar-refractivity contribution is 7.10. The largest absolute Gasteiger partial charge is 0.464 e. The van der Waals surface area contributed by atoms with Crippen molar-refractivity contribution in [3.05, 3.63) is 86.9 Å². The summed E-state index contributed by atoms with van der Waals surface area (Å²) in [6.07, 6.45) is 3.02. The van der Waals surface area contributed by atoms with E-state index in [1.807, 2.05) is 43.0 Å². The number of urea groups is 1. The number of ether oxygens (including phenoxy) is 2. The first kappa shape index (κ1) is 47.8. The highest BCUT2D eigenvalue weighted by Crippen LogP contribution is 2.42. The Hall–Kier alpha value is -5.69. The molecule has 353 valence electrons. The summed E-state index contributed by atoms with van der Waals surface area (Å²) in [7, 11) is 7.06. The number of fused-ring (bicyclic) bond motifs is 6. The Morgan fingerprint density at radius 1 is 1.13 bits per heavy atom. The number of carbonyl (C=O) groups excluding carboxylic acids is 4. The zero-order valence-corrected chi connectivity index (χ0v) is 42.0. The zero-order valence-electron chi connectivity index (χ0n) is 40.2. The van der Waals surface area contributed by atoms with Crippen LogP contribution in [0.15, 0.2) is 59.2 Å². The van der Waals surface area contributed by atoms with Crippen molar-refractivity contribution in [3.63, 3.8) is 0 Å². The molecule has 2 fully saturated rings. The van der Waals surface area contributed by atoms with E-state index < -0.39 is 34.4 Å². The van der Waals surface area contributed by atoms with Crippen molar-refractivity contribution in [2.45, 2.75) is 111 Å². The second kappa shape index (κ2) is 18.8. The van der Waals surface area contributed by atoms with Gasteiger partial charge in [-0.2, -0.15) is 5.10 Å². The number of aryl methyl sites for hydroxylation is 3. The van der Waals surface area contributed by atoms with Crippen LogP contribution in [0.2, 0.25) is 0 Å². The van der Waals surface area contributed by atoms with Gasteiger partial charge in [-0.15, -0.1) is 11.3 Å². The first-order valence-electron chi connectivity index (χ1n) is 23.0. The van der Waals surface area contributed by atoms with Crippen molar-refractivity contribution >= 4 is 56.3 Å². The molecule has 1 aromatic carbocycles. The number of nitrogens with zero attached hydrogens (tertiary/aromatic N) is 8. The normalized spacial score (nSPS) is 20.5. The van der Waals surface area contributed by atoms with E-state index in [9.17, 15) is 19.2 Å².